The number of aromatic nitrogens is 3. The lowest BCUT2D eigenvalue weighted by molar-refractivity contribution is 0.415. The number of pyridine rings is 1. The van der Waals surface area contributed by atoms with E-state index >= 15 is 0 Å². The Bertz CT molecular complexity index is 1350. The van der Waals surface area contributed by atoms with Gasteiger partial charge in [0, 0.05) is 35.3 Å². The highest BCUT2D eigenvalue weighted by atomic mass is 19.1. The normalized spacial score (nSPS) is 14.5. The van der Waals surface area contributed by atoms with Crippen molar-refractivity contribution in [3.63, 3.8) is 0 Å². The molecular formula is C23H17F2N5O. The van der Waals surface area contributed by atoms with Crippen LogP contribution in [0.3, 0.4) is 0 Å². The second kappa shape index (κ2) is 7.02. The van der Waals surface area contributed by atoms with Crippen LogP contribution in [0.2, 0.25) is 0 Å². The molecule has 0 amide bonds. The van der Waals surface area contributed by atoms with E-state index < -0.39 is 17.7 Å². The summed E-state index contributed by atoms with van der Waals surface area (Å²) in [4.78, 5) is 8.14. The topological polar surface area (TPSA) is 89.8 Å². The maximum atomic E-state index is 14.8. The van der Waals surface area contributed by atoms with Crippen molar-refractivity contribution >= 4 is 5.96 Å². The third kappa shape index (κ3) is 3.04. The van der Waals surface area contributed by atoms with Crippen LogP contribution in [0, 0.1) is 24.1 Å². The molecule has 1 aliphatic heterocycles. The average Bonchev–Trinajstić information content (AvgIpc) is 3.22. The summed E-state index contributed by atoms with van der Waals surface area (Å²) < 4.78 is 36.5. The molecule has 0 bridgehead atoms. The molecule has 3 heterocycles. The summed E-state index contributed by atoms with van der Waals surface area (Å²) in [7, 11) is 0. The maximum absolute atomic E-state index is 14.8. The van der Waals surface area contributed by atoms with Crippen molar-refractivity contribution in [1.82, 2.24) is 14.5 Å². The summed E-state index contributed by atoms with van der Waals surface area (Å²) >= 11 is 0. The number of hydrogen-bond donors (Lipinski definition) is 2. The lowest BCUT2D eigenvalue weighted by Crippen LogP contribution is -2.25. The molecule has 4 aromatic rings. The fourth-order valence-electron chi connectivity index (χ4n) is 4.00. The molecule has 0 saturated carbocycles. The number of nitrogens with zero attached hydrogens (tertiary/aromatic N) is 3. The van der Waals surface area contributed by atoms with Crippen molar-refractivity contribution in [2.45, 2.75) is 12.8 Å². The summed E-state index contributed by atoms with van der Waals surface area (Å²) in [6.07, 6.45) is 4.49. The standard InChI is InChI=1S/C23H17F2N5O/c1-12-9-16-19(22-29-7-8-30(22)23(26)27)15-11-13(14-3-2-6-28-21(14)25)4-5-18(15)31-20(16)17(24)10-12/h2-11,19H,1H3,(H3,26,27). The molecule has 6 nitrogen and oxygen atoms in total. The van der Waals surface area contributed by atoms with Crippen molar-refractivity contribution < 1.29 is 13.5 Å². The first-order chi connectivity index (χ1) is 14.9. The molecule has 154 valence electrons. The zero-order valence-corrected chi connectivity index (χ0v) is 16.4. The van der Waals surface area contributed by atoms with E-state index in [0.29, 0.717) is 39.4 Å². The van der Waals surface area contributed by atoms with Gasteiger partial charge in [-0.25, -0.2) is 14.4 Å². The predicted molar refractivity (Wildman–Crippen MR) is 111 cm³/mol. The first-order valence-corrected chi connectivity index (χ1v) is 9.54. The number of aryl methyl sites for hydroxylation is 1. The molecule has 31 heavy (non-hydrogen) atoms. The highest BCUT2D eigenvalue weighted by Gasteiger charge is 2.34. The number of nitrogen functional groups attached to an aromatic ring is 1. The molecular weight excluding hydrogens is 400 g/mol. The number of benzene rings is 2. The van der Waals surface area contributed by atoms with Crippen LogP contribution in [0.1, 0.15) is 28.4 Å². The molecule has 0 spiro atoms. The van der Waals surface area contributed by atoms with Gasteiger partial charge in [0.2, 0.25) is 5.95 Å². The van der Waals surface area contributed by atoms with Crippen LogP contribution in [-0.4, -0.2) is 20.5 Å². The highest BCUT2D eigenvalue weighted by molar-refractivity contribution is 5.78. The molecule has 2 aromatic carbocycles. The predicted octanol–water partition coefficient (Wildman–Crippen LogP) is 4.56. The van der Waals surface area contributed by atoms with Gasteiger partial charge in [-0.15, -0.1) is 0 Å². The zero-order valence-electron chi connectivity index (χ0n) is 16.4. The molecule has 5 rings (SSSR count). The van der Waals surface area contributed by atoms with E-state index in [2.05, 4.69) is 9.97 Å². The van der Waals surface area contributed by atoms with Crippen LogP contribution >= 0.6 is 0 Å². The first kappa shape index (κ1) is 18.9. The Kier molecular flexibility index (Phi) is 4.28. The van der Waals surface area contributed by atoms with Crippen molar-refractivity contribution in [3.8, 4) is 22.6 Å². The van der Waals surface area contributed by atoms with Gasteiger partial charge < -0.3 is 10.5 Å². The number of ether oxygens (including phenoxy) is 1. The van der Waals surface area contributed by atoms with Crippen molar-refractivity contribution in [3.05, 3.63) is 95.3 Å². The van der Waals surface area contributed by atoms with E-state index in [-0.39, 0.29) is 11.7 Å². The van der Waals surface area contributed by atoms with Gasteiger partial charge >= 0.3 is 0 Å². The maximum Gasteiger partial charge on any atom is 0.220 e. The van der Waals surface area contributed by atoms with E-state index in [1.165, 1.54) is 23.0 Å². The molecule has 1 unspecified atom stereocenters. The number of nitrogens with one attached hydrogen (secondary N) is 1. The van der Waals surface area contributed by atoms with E-state index in [1.54, 1.807) is 43.5 Å². The number of imidazole rings is 1. The van der Waals surface area contributed by atoms with E-state index in [4.69, 9.17) is 15.9 Å². The minimum atomic E-state index is -0.594. The smallest absolute Gasteiger partial charge is 0.220 e. The summed E-state index contributed by atoms with van der Waals surface area (Å²) in [5.41, 5.74) is 8.60. The van der Waals surface area contributed by atoms with E-state index in [9.17, 15) is 8.78 Å². The summed E-state index contributed by atoms with van der Waals surface area (Å²) in [5, 5.41) is 7.91. The lowest BCUT2D eigenvalue weighted by Gasteiger charge is -2.29. The third-order valence-corrected chi connectivity index (χ3v) is 5.32. The number of halogens is 2. The van der Waals surface area contributed by atoms with Gasteiger partial charge in [-0.2, -0.15) is 4.39 Å². The quantitative estimate of drug-likeness (QED) is 0.250. The van der Waals surface area contributed by atoms with Crippen LogP contribution in [0.25, 0.3) is 11.1 Å². The lowest BCUT2D eigenvalue weighted by atomic mass is 9.85. The molecule has 8 heteroatoms. The second-order valence-corrected chi connectivity index (χ2v) is 7.34. The first-order valence-electron chi connectivity index (χ1n) is 9.54. The Labute approximate surface area is 176 Å². The third-order valence-electron chi connectivity index (χ3n) is 5.32. The minimum Gasteiger partial charge on any atom is -0.454 e. The van der Waals surface area contributed by atoms with Crippen LogP contribution in [0.4, 0.5) is 8.78 Å². The average molecular weight is 417 g/mol. The van der Waals surface area contributed by atoms with Gasteiger partial charge in [0.1, 0.15) is 11.6 Å². The van der Waals surface area contributed by atoms with Crippen LogP contribution < -0.4 is 10.5 Å². The van der Waals surface area contributed by atoms with Crippen molar-refractivity contribution in [2.75, 3.05) is 0 Å². The van der Waals surface area contributed by atoms with E-state index in [0.717, 1.165) is 0 Å². The Hall–Kier alpha value is -4.07. The van der Waals surface area contributed by atoms with Crippen LogP contribution in [0.15, 0.2) is 61.1 Å². The van der Waals surface area contributed by atoms with Gasteiger partial charge in [0.15, 0.2) is 17.5 Å². The van der Waals surface area contributed by atoms with E-state index in [1.807, 2.05) is 6.07 Å². The fourth-order valence-corrected chi connectivity index (χ4v) is 4.00. The summed E-state index contributed by atoms with van der Waals surface area (Å²) in [6.45, 7) is 1.79. The Morgan fingerprint density at radius 3 is 2.71 bits per heavy atom. The summed E-state index contributed by atoms with van der Waals surface area (Å²) in [6, 6.07) is 11.7. The molecule has 0 fully saturated rings. The zero-order chi connectivity index (χ0) is 21.7. The molecule has 1 aliphatic rings. The van der Waals surface area contributed by atoms with Gasteiger partial charge in [-0.05, 0) is 48.4 Å². The highest BCUT2D eigenvalue weighted by Crippen LogP contribution is 2.49. The van der Waals surface area contributed by atoms with Crippen molar-refractivity contribution in [1.29, 1.82) is 5.41 Å². The molecule has 2 aromatic heterocycles. The van der Waals surface area contributed by atoms with Gasteiger partial charge in [0.25, 0.3) is 0 Å². The second-order valence-electron chi connectivity index (χ2n) is 7.34. The molecule has 0 saturated heterocycles. The monoisotopic (exact) mass is 417 g/mol. The number of hydrogen-bond acceptors (Lipinski definition) is 4. The van der Waals surface area contributed by atoms with Gasteiger partial charge in [0.05, 0.1) is 5.92 Å². The fraction of sp³-hybridized carbons (Fsp3) is 0.0870. The molecule has 1 atom stereocenters. The minimum absolute atomic E-state index is 0.0986. The van der Waals surface area contributed by atoms with Crippen LogP contribution in [-0.2, 0) is 0 Å². The molecule has 0 radical (unpaired) electrons. The largest absolute Gasteiger partial charge is 0.454 e. The number of nitrogens with two attached hydrogens (primary N) is 1. The SMILES string of the molecule is Cc1cc(F)c2c(c1)C(c1nccn1C(=N)N)c1cc(-c3cccnc3F)ccc1O2. The van der Waals surface area contributed by atoms with Crippen LogP contribution in [0.5, 0.6) is 11.5 Å². The van der Waals surface area contributed by atoms with Crippen molar-refractivity contribution in [2.24, 2.45) is 5.73 Å². The summed E-state index contributed by atoms with van der Waals surface area (Å²) in [5.74, 6) is -0.923. The molecule has 3 N–H and O–H groups in total. The molecule has 0 aliphatic carbocycles. The Morgan fingerprint density at radius 2 is 1.94 bits per heavy atom. The van der Waals surface area contributed by atoms with Gasteiger partial charge in [-0.3, -0.25) is 9.98 Å². The number of rotatable bonds is 2. The Morgan fingerprint density at radius 1 is 1.10 bits per heavy atom. The Balaban J connectivity index is 1.78. The van der Waals surface area contributed by atoms with Gasteiger partial charge in [-0.1, -0.05) is 12.1 Å². The number of fused-ring (bicyclic) bond motifs is 2.